The fourth-order valence-corrected chi connectivity index (χ4v) is 3.22. The van der Waals surface area contributed by atoms with E-state index in [1.165, 1.54) is 5.56 Å². The Morgan fingerprint density at radius 1 is 1.19 bits per heavy atom. The largest absolute Gasteiger partial charge is 0.388 e. The van der Waals surface area contributed by atoms with Crippen LogP contribution in [0.2, 0.25) is 0 Å². The number of halogens is 1. The van der Waals surface area contributed by atoms with E-state index in [4.69, 9.17) is 0 Å². The number of aromatic nitrogens is 2. The lowest BCUT2D eigenvalue weighted by atomic mass is 9.98. The number of aliphatic hydroxyl groups excluding tert-OH is 1. The SMILES string of the molecule is CCc1nn(C)c(CC(O)c2ccc(C(C)C)cc2)c1Br. The summed E-state index contributed by atoms with van der Waals surface area (Å²) >= 11 is 3.60. The molecule has 0 fully saturated rings. The van der Waals surface area contributed by atoms with E-state index in [1.54, 1.807) is 0 Å². The number of rotatable bonds is 5. The van der Waals surface area contributed by atoms with E-state index in [9.17, 15) is 5.11 Å². The maximum absolute atomic E-state index is 10.5. The lowest BCUT2D eigenvalue weighted by Crippen LogP contribution is -2.07. The molecule has 1 N–H and O–H groups in total. The Bertz CT molecular complexity index is 602. The third-order valence-electron chi connectivity index (χ3n) is 3.88. The zero-order valence-electron chi connectivity index (χ0n) is 13.1. The van der Waals surface area contributed by atoms with Gasteiger partial charge in [0.15, 0.2) is 0 Å². The summed E-state index contributed by atoms with van der Waals surface area (Å²) < 4.78 is 2.87. The molecule has 0 bridgehead atoms. The molecule has 0 aliphatic carbocycles. The summed E-state index contributed by atoms with van der Waals surface area (Å²) in [5.74, 6) is 0.509. The number of hydrogen-bond acceptors (Lipinski definition) is 2. The van der Waals surface area contributed by atoms with E-state index in [2.05, 4.69) is 53.9 Å². The summed E-state index contributed by atoms with van der Waals surface area (Å²) in [6, 6.07) is 8.23. The van der Waals surface area contributed by atoms with Gasteiger partial charge in [0.2, 0.25) is 0 Å². The Hall–Kier alpha value is -1.13. The first kappa shape index (κ1) is 16.2. The van der Waals surface area contributed by atoms with Crippen LogP contribution in [0.3, 0.4) is 0 Å². The van der Waals surface area contributed by atoms with Gasteiger partial charge in [-0.15, -0.1) is 0 Å². The summed E-state index contributed by atoms with van der Waals surface area (Å²) in [5.41, 5.74) is 4.31. The zero-order valence-corrected chi connectivity index (χ0v) is 14.7. The summed E-state index contributed by atoms with van der Waals surface area (Å²) in [4.78, 5) is 0. The van der Waals surface area contributed by atoms with Crippen LogP contribution >= 0.6 is 15.9 Å². The van der Waals surface area contributed by atoms with Gasteiger partial charge in [-0.1, -0.05) is 45.0 Å². The molecule has 2 rings (SSSR count). The van der Waals surface area contributed by atoms with Crippen molar-refractivity contribution in [2.45, 2.75) is 45.6 Å². The van der Waals surface area contributed by atoms with Crippen molar-refractivity contribution in [1.82, 2.24) is 9.78 Å². The van der Waals surface area contributed by atoms with Crippen molar-refractivity contribution in [2.24, 2.45) is 7.05 Å². The Kier molecular flexibility index (Phi) is 5.22. The second kappa shape index (κ2) is 6.75. The van der Waals surface area contributed by atoms with Crippen LogP contribution in [0.5, 0.6) is 0 Å². The monoisotopic (exact) mass is 350 g/mol. The van der Waals surface area contributed by atoms with Crippen molar-refractivity contribution >= 4 is 15.9 Å². The van der Waals surface area contributed by atoms with Gasteiger partial charge in [-0.05, 0) is 39.4 Å². The molecule has 1 heterocycles. The van der Waals surface area contributed by atoms with Gasteiger partial charge in [-0.3, -0.25) is 4.68 Å². The van der Waals surface area contributed by atoms with Crippen molar-refractivity contribution in [2.75, 3.05) is 0 Å². The number of benzene rings is 1. The molecule has 2 aromatic rings. The first-order valence-electron chi connectivity index (χ1n) is 7.42. The highest BCUT2D eigenvalue weighted by Gasteiger charge is 2.17. The molecule has 1 aromatic heterocycles. The van der Waals surface area contributed by atoms with Crippen LogP contribution in [0.4, 0.5) is 0 Å². The fourth-order valence-electron chi connectivity index (χ4n) is 2.45. The highest BCUT2D eigenvalue weighted by atomic mass is 79.9. The van der Waals surface area contributed by atoms with Gasteiger partial charge in [0.1, 0.15) is 0 Å². The molecule has 21 heavy (non-hydrogen) atoms. The number of hydrogen-bond donors (Lipinski definition) is 1. The Morgan fingerprint density at radius 2 is 1.76 bits per heavy atom. The molecule has 3 nitrogen and oxygen atoms in total. The normalized spacial score (nSPS) is 12.9. The molecule has 1 atom stereocenters. The summed E-state index contributed by atoms with van der Waals surface area (Å²) in [7, 11) is 1.92. The zero-order chi connectivity index (χ0) is 15.6. The van der Waals surface area contributed by atoms with E-state index in [1.807, 2.05) is 23.9 Å². The van der Waals surface area contributed by atoms with E-state index < -0.39 is 6.10 Å². The van der Waals surface area contributed by atoms with Gasteiger partial charge in [-0.2, -0.15) is 5.10 Å². The second-order valence-corrected chi connectivity index (χ2v) is 6.52. The number of nitrogens with zero attached hydrogens (tertiary/aromatic N) is 2. The molecular formula is C17H23BrN2O. The van der Waals surface area contributed by atoms with Crippen molar-refractivity contribution in [3.05, 3.63) is 51.3 Å². The van der Waals surface area contributed by atoms with Gasteiger partial charge in [0.25, 0.3) is 0 Å². The second-order valence-electron chi connectivity index (χ2n) is 5.73. The molecule has 0 aliphatic heterocycles. The predicted molar refractivity (Wildman–Crippen MR) is 89.5 cm³/mol. The molecular weight excluding hydrogens is 328 g/mol. The number of aliphatic hydroxyl groups is 1. The Labute approximate surface area is 135 Å². The van der Waals surface area contributed by atoms with Crippen molar-refractivity contribution in [1.29, 1.82) is 0 Å². The average molecular weight is 351 g/mol. The van der Waals surface area contributed by atoms with Crippen LogP contribution in [0.25, 0.3) is 0 Å². The first-order chi connectivity index (χ1) is 9.93. The number of aryl methyl sites for hydroxylation is 2. The van der Waals surface area contributed by atoms with E-state index in [0.29, 0.717) is 12.3 Å². The smallest absolute Gasteiger partial charge is 0.0845 e. The van der Waals surface area contributed by atoms with Crippen LogP contribution in [-0.2, 0) is 19.9 Å². The molecule has 0 amide bonds. The lowest BCUT2D eigenvalue weighted by molar-refractivity contribution is 0.175. The first-order valence-corrected chi connectivity index (χ1v) is 8.21. The minimum atomic E-state index is -0.511. The molecule has 0 radical (unpaired) electrons. The van der Waals surface area contributed by atoms with Gasteiger partial charge < -0.3 is 5.11 Å². The molecule has 0 aliphatic rings. The molecule has 1 unspecified atom stereocenters. The van der Waals surface area contributed by atoms with E-state index in [-0.39, 0.29) is 0 Å². The summed E-state index contributed by atoms with van der Waals surface area (Å²) in [5, 5.41) is 14.9. The fraction of sp³-hybridized carbons (Fsp3) is 0.471. The quantitative estimate of drug-likeness (QED) is 0.879. The molecule has 0 saturated carbocycles. The maximum atomic E-state index is 10.5. The summed E-state index contributed by atoms with van der Waals surface area (Å²) in [6.07, 6.45) is 0.932. The minimum absolute atomic E-state index is 0.509. The van der Waals surface area contributed by atoms with Crippen LogP contribution in [0, 0.1) is 0 Å². The molecule has 0 spiro atoms. The van der Waals surface area contributed by atoms with Crippen LogP contribution in [0.15, 0.2) is 28.7 Å². The highest BCUT2D eigenvalue weighted by Crippen LogP contribution is 2.27. The predicted octanol–water partition coefficient (Wildman–Crippen LogP) is 4.14. The Morgan fingerprint density at radius 3 is 2.24 bits per heavy atom. The molecule has 4 heteroatoms. The standard InChI is InChI=1S/C17H23BrN2O/c1-5-14-17(18)15(20(4)19-14)10-16(21)13-8-6-12(7-9-13)11(2)3/h6-9,11,16,21H,5,10H2,1-4H3. The topological polar surface area (TPSA) is 38.0 Å². The molecule has 114 valence electrons. The van der Waals surface area contributed by atoms with Gasteiger partial charge in [-0.25, -0.2) is 0 Å². The van der Waals surface area contributed by atoms with Gasteiger partial charge >= 0.3 is 0 Å². The van der Waals surface area contributed by atoms with Gasteiger partial charge in [0, 0.05) is 13.5 Å². The van der Waals surface area contributed by atoms with Crippen LogP contribution in [-0.4, -0.2) is 14.9 Å². The van der Waals surface area contributed by atoms with Crippen LogP contribution < -0.4 is 0 Å². The third-order valence-corrected chi connectivity index (χ3v) is 4.79. The van der Waals surface area contributed by atoms with Crippen LogP contribution in [0.1, 0.15) is 55.3 Å². The molecule has 0 saturated heterocycles. The van der Waals surface area contributed by atoms with E-state index >= 15 is 0 Å². The van der Waals surface area contributed by atoms with Crippen molar-refractivity contribution in [3.63, 3.8) is 0 Å². The molecule has 1 aromatic carbocycles. The van der Waals surface area contributed by atoms with E-state index in [0.717, 1.165) is 27.8 Å². The highest BCUT2D eigenvalue weighted by molar-refractivity contribution is 9.10. The maximum Gasteiger partial charge on any atom is 0.0845 e. The third kappa shape index (κ3) is 3.55. The summed E-state index contributed by atoms with van der Waals surface area (Å²) in [6.45, 7) is 6.42. The average Bonchev–Trinajstić information content (AvgIpc) is 2.74. The minimum Gasteiger partial charge on any atom is -0.388 e. The van der Waals surface area contributed by atoms with Gasteiger partial charge in [0.05, 0.1) is 22.0 Å². The van der Waals surface area contributed by atoms with Crippen molar-refractivity contribution < 1.29 is 5.11 Å². The lowest BCUT2D eigenvalue weighted by Gasteiger charge is -2.13. The Balaban J connectivity index is 2.18. The van der Waals surface area contributed by atoms with Crippen molar-refractivity contribution in [3.8, 4) is 0 Å².